The Balaban J connectivity index is 0.000000160. The second-order valence-electron chi connectivity index (χ2n) is 8.12. The maximum Gasteiger partial charge on any atom is 0.139 e. The van der Waals surface area contributed by atoms with Gasteiger partial charge in [0, 0.05) is 11.8 Å². The fourth-order valence-electron chi connectivity index (χ4n) is 3.89. The third-order valence-corrected chi connectivity index (χ3v) is 6.38. The number of aromatic hydroxyl groups is 1. The molecule has 2 bridgehead atoms. The molecule has 2 atom stereocenters. The van der Waals surface area contributed by atoms with Gasteiger partial charge in [-0.25, -0.2) is 0 Å². The van der Waals surface area contributed by atoms with Crippen molar-refractivity contribution in [3.05, 3.63) is 29.3 Å². The molecule has 2 unspecified atom stereocenters. The Bertz CT molecular complexity index is 571. The van der Waals surface area contributed by atoms with Crippen molar-refractivity contribution in [2.75, 3.05) is 0 Å². The van der Waals surface area contributed by atoms with Crippen LogP contribution >= 0.6 is 0 Å². The Hall–Kier alpha value is -1.31. The van der Waals surface area contributed by atoms with Crippen LogP contribution in [0.15, 0.2) is 18.2 Å². The van der Waals surface area contributed by atoms with Crippen molar-refractivity contribution in [3.8, 4) is 5.75 Å². The van der Waals surface area contributed by atoms with Gasteiger partial charge in [-0.1, -0.05) is 46.8 Å². The average molecular weight is 302 g/mol. The summed E-state index contributed by atoms with van der Waals surface area (Å²) in [5.41, 5.74) is 2.43. The molecule has 0 amide bonds. The molecule has 122 valence electrons. The normalized spacial score (nSPS) is 28.7. The number of carbonyl (C=O) groups excluding carboxylic acids is 1. The van der Waals surface area contributed by atoms with Crippen LogP contribution in [0.5, 0.6) is 5.75 Å². The third-order valence-electron chi connectivity index (χ3n) is 6.38. The predicted molar refractivity (Wildman–Crippen MR) is 91.2 cm³/mol. The van der Waals surface area contributed by atoms with Crippen molar-refractivity contribution in [2.45, 2.75) is 66.7 Å². The summed E-state index contributed by atoms with van der Waals surface area (Å²) in [6.45, 7) is 12.8. The predicted octanol–water partition coefficient (Wildman–Crippen LogP) is 5.23. The standard InChI is InChI=1S/C10H16O.C10H14O/c1-9(2)7-4-5-10(9,3)8(11)6-7;1-7(2)9-5-4-8(3)10(11)6-9/h7H,4-6H2,1-3H3;4-7,11H,1-3H3. The molecule has 2 saturated carbocycles. The monoisotopic (exact) mass is 302 g/mol. The maximum atomic E-state index is 11.6. The van der Waals surface area contributed by atoms with Crippen LogP contribution in [0.25, 0.3) is 0 Å². The van der Waals surface area contributed by atoms with Crippen LogP contribution in [0.3, 0.4) is 0 Å². The van der Waals surface area contributed by atoms with Gasteiger partial charge in [-0.3, -0.25) is 4.79 Å². The second-order valence-corrected chi connectivity index (χ2v) is 8.12. The molecule has 2 heteroatoms. The Morgan fingerprint density at radius 3 is 2.18 bits per heavy atom. The largest absolute Gasteiger partial charge is 0.508 e. The summed E-state index contributed by atoms with van der Waals surface area (Å²) in [6, 6.07) is 5.84. The van der Waals surface area contributed by atoms with Crippen LogP contribution in [0.1, 0.15) is 70.9 Å². The van der Waals surface area contributed by atoms with Gasteiger partial charge in [0.05, 0.1) is 0 Å². The minimum atomic E-state index is 0.0255. The van der Waals surface area contributed by atoms with Crippen LogP contribution in [-0.2, 0) is 4.79 Å². The van der Waals surface area contributed by atoms with E-state index in [0.29, 0.717) is 23.4 Å². The maximum absolute atomic E-state index is 11.6. The Kier molecular flexibility index (Phi) is 4.43. The van der Waals surface area contributed by atoms with E-state index in [2.05, 4.69) is 40.7 Å². The van der Waals surface area contributed by atoms with Gasteiger partial charge in [0.15, 0.2) is 0 Å². The van der Waals surface area contributed by atoms with Gasteiger partial charge >= 0.3 is 0 Å². The molecule has 2 aliphatic carbocycles. The number of fused-ring (bicyclic) bond motifs is 2. The van der Waals surface area contributed by atoms with Gasteiger partial charge in [0.1, 0.15) is 11.5 Å². The highest BCUT2D eigenvalue weighted by molar-refractivity contribution is 5.89. The topological polar surface area (TPSA) is 37.3 Å². The Morgan fingerprint density at radius 2 is 1.86 bits per heavy atom. The zero-order valence-corrected chi connectivity index (χ0v) is 14.9. The van der Waals surface area contributed by atoms with Crippen LogP contribution in [0, 0.1) is 23.7 Å². The van der Waals surface area contributed by atoms with Gasteiger partial charge in [-0.2, -0.15) is 0 Å². The summed E-state index contributed by atoms with van der Waals surface area (Å²) in [5, 5.41) is 9.35. The van der Waals surface area contributed by atoms with Crippen molar-refractivity contribution in [1.82, 2.24) is 0 Å². The molecule has 1 aromatic carbocycles. The minimum Gasteiger partial charge on any atom is -0.508 e. The number of Topliss-reactive ketones (excluding diaryl/α,β-unsaturated/α-hetero) is 1. The van der Waals surface area contributed by atoms with Crippen molar-refractivity contribution in [1.29, 1.82) is 0 Å². The summed E-state index contributed by atoms with van der Waals surface area (Å²) in [6.07, 6.45) is 3.25. The number of phenolic OH excluding ortho intramolecular Hbond substituents is 1. The highest BCUT2D eigenvalue weighted by Gasteiger charge is 2.61. The molecule has 2 nitrogen and oxygen atoms in total. The molecule has 3 rings (SSSR count). The van der Waals surface area contributed by atoms with E-state index in [0.717, 1.165) is 18.4 Å². The van der Waals surface area contributed by atoms with Gasteiger partial charge in [0.25, 0.3) is 0 Å². The van der Waals surface area contributed by atoms with E-state index in [-0.39, 0.29) is 10.8 Å². The third kappa shape index (κ3) is 2.68. The number of ketones is 1. The van der Waals surface area contributed by atoms with Gasteiger partial charge in [-0.15, -0.1) is 0 Å². The van der Waals surface area contributed by atoms with Crippen molar-refractivity contribution < 1.29 is 9.90 Å². The highest BCUT2D eigenvalue weighted by atomic mass is 16.3. The Morgan fingerprint density at radius 1 is 1.23 bits per heavy atom. The number of carbonyl (C=O) groups is 1. The number of benzene rings is 1. The number of hydrogen-bond donors (Lipinski definition) is 1. The lowest BCUT2D eigenvalue weighted by Gasteiger charge is -2.32. The van der Waals surface area contributed by atoms with Crippen molar-refractivity contribution >= 4 is 5.78 Å². The lowest BCUT2D eigenvalue weighted by Crippen LogP contribution is -2.32. The first-order valence-electron chi connectivity index (χ1n) is 8.42. The minimum absolute atomic E-state index is 0.0255. The van der Waals surface area contributed by atoms with Gasteiger partial charge in [-0.05, 0) is 54.2 Å². The molecular formula is C20H30O2. The molecule has 0 spiro atoms. The molecule has 0 saturated heterocycles. The zero-order valence-electron chi connectivity index (χ0n) is 14.9. The molecule has 0 aliphatic heterocycles. The molecule has 1 N–H and O–H groups in total. The van der Waals surface area contributed by atoms with E-state index in [9.17, 15) is 9.90 Å². The van der Waals surface area contributed by atoms with Crippen LogP contribution in [0.2, 0.25) is 0 Å². The van der Waals surface area contributed by atoms with Crippen LogP contribution in [0.4, 0.5) is 0 Å². The summed E-state index contributed by atoms with van der Waals surface area (Å²) >= 11 is 0. The first kappa shape index (κ1) is 17.1. The number of rotatable bonds is 1. The van der Waals surface area contributed by atoms with E-state index >= 15 is 0 Å². The van der Waals surface area contributed by atoms with Crippen LogP contribution in [-0.4, -0.2) is 10.9 Å². The quantitative estimate of drug-likeness (QED) is 0.771. The van der Waals surface area contributed by atoms with E-state index in [1.165, 1.54) is 12.0 Å². The number of hydrogen-bond acceptors (Lipinski definition) is 2. The number of phenols is 1. The molecule has 0 radical (unpaired) electrons. The summed E-state index contributed by atoms with van der Waals surface area (Å²) < 4.78 is 0. The zero-order chi connectivity index (χ0) is 16.7. The first-order valence-corrected chi connectivity index (χ1v) is 8.42. The fourth-order valence-corrected chi connectivity index (χ4v) is 3.89. The molecular weight excluding hydrogens is 272 g/mol. The molecule has 22 heavy (non-hydrogen) atoms. The molecule has 0 heterocycles. The molecule has 1 aromatic rings. The van der Waals surface area contributed by atoms with Gasteiger partial charge in [0.2, 0.25) is 0 Å². The van der Waals surface area contributed by atoms with Gasteiger partial charge < -0.3 is 5.11 Å². The first-order chi connectivity index (χ1) is 10.1. The average Bonchev–Trinajstić information content (AvgIpc) is 2.75. The molecule has 2 aliphatic rings. The molecule has 2 fully saturated rings. The van der Waals surface area contributed by atoms with Crippen LogP contribution < -0.4 is 0 Å². The summed E-state index contributed by atoms with van der Waals surface area (Å²) in [4.78, 5) is 11.6. The fraction of sp³-hybridized carbons (Fsp3) is 0.650. The summed E-state index contributed by atoms with van der Waals surface area (Å²) in [7, 11) is 0. The second kappa shape index (κ2) is 5.72. The van der Waals surface area contributed by atoms with Crippen molar-refractivity contribution in [3.63, 3.8) is 0 Å². The summed E-state index contributed by atoms with van der Waals surface area (Å²) in [5.74, 6) is 2.08. The highest BCUT2D eigenvalue weighted by Crippen LogP contribution is 2.63. The van der Waals surface area contributed by atoms with E-state index < -0.39 is 0 Å². The number of aryl methyl sites for hydroxylation is 1. The SMILES string of the molecule is CC12CCC(CC1=O)C2(C)C.Cc1ccc(C(C)C)cc1O. The van der Waals surface area contributed by atoms with E-state index in [1.54, 1.807) is 0 Å². The Labute approximate surface area is 134 Å². The lowest BCUT2D eigenvalue weighted by molar-refractivity contribution is -0.128. The molecule has 0 aromatic heterocycles. The van der Waals surface area contributed by atoms with Crippen molar-refractivity contribution in [2.24, 2.45) is 16.7 Å². The van der Waals surface area contributed by atoms with E-state index in [1.807, 2.05) is 19.1 Å². The smallest absolute Gasteiger partial charge is 0.139 e. The van der Waals surface area contributed by atoms with E-state index in [4.69, 9.17) is 0 Å². The lowest BCUT2D eigenvalue weighted by atomic mass is 9.70.